The Hall–Kier alpha value is -1.16. The number of nitrogens with two attached hydrogens (primary N) is 1. The van der Waals surface area contributed by atoms with E-state index in [0.29, 0.717) is 11.3 Å². The Morgan fingerprint density at radius 2 is 2.23 bits per heavy atom. The standard InChI is InChI=1S/C9H12N2OS/c1-11(13-2)9-5-7(6-12)3-4-8(9)10/h3-6H,10H2,1-2H3. The Labute approximate surface area is 82.0 Å². The summed E-state index contributed by atoms with van der Waals surface area (Å²) < 4.78 is 1.92. The number of hydrogen-bond donors (Lipinski definition) is 1. The van der Waals surface area contributed by atoms with E-state index in [4.69, 9.17) is 5.73 Å². The van der Waals surface area contributed by atoms with Crippen LogP contribution in [0.3, 0.4) is 0 Å². The number of benzene rings is 1. The molecular weight excluding hydrogens is 184 g/mol. The molecule has 0 atom stereocenters. The average Bonchev–Trinajstić information content (AvgIpc) is 2.17. The normalized spacial score (nSPS) is 9.69. The number of nitrogen functional groups attached to an aromatic ring is 1. The van der Waals surface area contributed by atoms with Crippen molar-refractivity contribution in [2.24, 2.45) is 0 Å². The van der Waals surface area contributed by atoms with Crippen molar-refractivity contribution in [1.82, 2.24) is 0 Å². The van der Waals surface area contributed by atoms with Crippen molar-refractivity contribution in [3.63, 3.8) is 0 Å². The summed E-state index contributed by atoms with van der Waals surface area (Å²) in [6, 6.07) is 5.23. The molecule has 0 heterocycles. The lowest BCUT2D eigenvalue weighted by atomic mass is 10.2. The average molecular weight is 196 g/mol. The van der Waals surface area contributed by atoms with Gasteiger partial charge in [-0.1, -0.05) is 11.9 Å². The molecule has 13 heavy (non-hydrogen) atoms. The topological polar surface area (TPSA) is 46.3 Å². The number of anilines is 2. The second-order valence-electron chi connectivity index (χ2n) is 2.62. The molecular formula is C9H12N2OS. The first-order chi connectivity index (χ1) is 6.19. The van der Waals surface area contributed by atoms with Crippen LogP contribution in [0.1, 0.15) is 10.4 Å². The second kappa shape index (κ2) is 4.18. The second-order valence-corrected chi connectivity index (χ2v) is 3.53. The molecule has 2 N–H and O–H groups in total. The fraction of sp³-hybridized carbons (Fsp3) is 0.222. The van der Waals surface area contributed by atoms with Crippen molar-refractivity contribution in [3.05, 3.63) is 23.8 Å². The van der Waals surface area contributed by atoms with Crippen molar-refractivity contribution in [2.45, 2.75) is 0 Å². The van der Waals surface area contributed by atoms with E-state index in [1.807, 2.05) is 17.6 Å². The molecule has 70 valence electrons. The molecule has 3 nitrogen and oxygen atoms in total. The lowest BCUT2D eigenvalue weighted by Crippen LogP contribution is -2.08. The fourth-order valence-electron chi connectivity index (χ4n) is 1.01. The quantitative estimate of drug-likeness (QED) is 0.455. The molecule has 1 aromatic rings. The Morgan fingerprint density at radius 1 is 1.54 bits per heavy atom. The van der Waals surface area contributed by atoms with Gasteiger partial charge in [-0.3, -0.25) is 4.79 Å². The number of rotatable bonds is 3. The van der Waals surface area contributed by atoms with Crippen LogP contribution in [0.4, 0.5) is 11.4 Å². The number of aldehydes is 1. The summed E-state index contributed by atoms with van der Waals surface area (Å²) in [5.41, 5.74) is 7.95. The van der Waals surface area contributed by atoms with E-state index in [-0.39, 0.29) is 0 Å². The van der Waals surface area contributed by atoms with Gasteiger partial charge >= 0.3 is 0 Å². The maximum absolute atomic E-state index is 10.5. The molecule has 0 saturated heterocycles. The third kappa shape index (κ3) is 2.15. The molecule has 1 aromatic carbocycles. The van der Waals surface area contributed by atoms with Gasteiger partial charge in [-0.2, -0.15) is 0 Å². The molecule has 0 bridgehead atoms. The highest BCUT2D eigenvalue weighted by molar-refractivity contribution is 7.99. The van der Waals surface area contributed by atoms with Crippen molar-refractivity contribution in [3.8, 4) is 0 Å². The molecule has 1 rings (SSSR count). The zero-order chi connectivity index (χ0) is 9.84. The predicted octanol–water partition coefficient (Wildman–Crippen LogP) is 1.80. The van der Waals surface area contributed by atoms with Crippen LogP contribution >= 0.6 is 11.9 Å². The van der Waals surface area contributed by atoms with Gasteiger partial charge in [0.1, 0.15) is 6.29 Å². The van der Waals surface area contributed by atoms with E-state index in [1.54, 1.807) is 30.1 Å². The van der Waals surface area contributed by atoms with Gasteiger partial charge in [0.25, 0.3) is 0 Å². The Kier molecular flexibility index (Phi) is 3.19. The van der Waals surface area contributed by atoms with E-state index in [0.717, 1.165) is 12.0 Å². The molecule has 0 aliphatic heterocycles. The van der Waals surface area contributed by atoms with Gasteiger partial charge < -0.3 is 10.0 Å². The smallest absolute Gasteiger partial charge is 0.150 e. The van der Waals surface area contributed by atoms with E-state index in [9.17, 15) is 4.79 Å². The third-order valence-corrected chi connectivity index (χ3v) is 2.55. The van der Waals surface area contributed by atoms with Crippen LogP contribution < -0.4 is 10.0 Å². The first-order valence-electron chi connectivity index (χ1n) is 3.81. The van der Waals surface area contributed by atoms with Gasteiger partial charge in [-0.25, -0.2) is 0 Å². The minimum atomic E-state index is 0.644. The van der Waals surface area contributed by atoms with E-state index >= 15 is 0 Å². The van der Waals surface area contributed by atoms with Gasteiger partial charge in [0, 0.05) is 18.9 Å². The summed E-state index contributed by atoms with van der Waals surface area (Å²) in [5.74, 6) is 0. The number of nitrogens with zero attached hydrogens (tertiary/aromatic N) is 1. The molecule has 0 aromatic heterocycles. The zero-order valence-electron chi connectivity index (χ0n) is 7.65. The maximum atomic E-state index is 10.5. The van der Waals surface area contributed by atoms with Crippen molar-refractivity contribution in [1.29, 1.82) is 0 Å². The van der Waals surface area contributed by atoms with E-state index in [1.165, 1.54) is 0 Å². The van der Waals surface area contributed by atoms with E-state index < -0.39 is 0 Å². The number of carbonyl (C=O) groups is 1. The molecule has 0 spiro atoms. The fourth-order valence-corrected chi connectivity index (χ4v) is 1.36. The Balaban J connectivity index is 3.10. The maximum Gasteiger partial charge on any atom is 0.150 e. The lowest BCUT2D eigenvalue weighted by Gasteiger charge is -2.17. The number of carbonyl (C=O) groups excluding carboxylic acids is 1. The van der Waals surface area contributed by atoms with E-state index in [2.05, 4.69) is 0 Å². The summed E-state index contributed by atoms with van der Waals surface area (Å²) >= 11 is 1.55. The van der Waals surface area contributed by atoms with Crippen LogP contribution in [-0.2, 0) is 0 Å². The molecule has 4 heteroatoms. The zero-order valence-corrected chi connectivity index (χ0v) is 8.47. The minimum Gasteiger partial charge on any atom is -0.397 e. The largest absolute Gasteiger partial charge is 0.397 e. The van der Waals surface area contributed by atoms with Crippen molar-refractivity contribution < 1.29 is 4.79 Å². The highest BCUT2D eigenvalue weighted by Crippen LogP contribution is 2.26. The molecule has 0 amide bonds. The van der Waals surface area contributed by atoms with Crippen molar-refractivity contribution >= 4 is 29.6 Å². The van der Waals surface area contributed by atoms with Gasteiger partial charge in [-0.05, 0) is 18.2 Å². The highest BCUT2D eigenvalue weighted by atomic mass is 32.2. The van der Waals surface area contributed by atoms with Gasteiger partial charge in [-0.15, -0.1) is 0 Å². The number of hydrogen-bond acceptors (Lipinski definition) is 4. The third-order valence-electron chi connectivity index (χ3n) is 1.80. The van der Waals surface area contributed by atoms with Crippen LogP contribution in [0.2, 0.25) is 0 Å². The predicted molar refractivity (Wildman–Crippen MR) is 58.2 cm³/mol. The Morgan fingerprint density at radius 3 is 2.77 bits per heavy atom. The summed E-state index contributed by atoms with van der Waals surface area (Å²) in [4.78, 5) is 10.5. The van der Waals surface area contributed by atoms with Crippen molar-refractivity contribution in [2.75, 3.05) is 23.3 Å². The Bertz CT molecular complexity index is 314. The first kappa shape index (κ1) is 9.92. The van der Waals surface area contributed by atoms with Gasteiger partial charge in [0.2, 0.25) is 0 Å². The summed E-state index contributed by atoms with van der Waals surface area (Å²) in [5, 5.41) is 0. The molecule has 0 fully saturated rings. The monoisotopic (exact) mass is 196 g/mol. The van der Waals surface area contributed by atoms with Crippen LogP contribution in [-0.4, -0.2) is 19.6 Å². The summed E-state index contributed by atoms with van der Waals surface area (Å²) in [6.07, 6.45) is 2.77. The van der Waals surface area contributed by atoms with Crippen LogP contribution in [0.25, 0.3) is 0 Å². The van der Waals surface area contributed by atoms with Crippen LogP contribution in [0.15, 0.2) is 18.2 Å². The lowest BCUT2D eigenvalue weighted by molar-refractivity contribution is 0.112. The molecule has 0 aliphatic carbocycles. The first-order valence-corrected chi connectivity index (χ1v) is 4.99. The van der Waals surface area contributed by atoms with Gasteiger partial charge in [0.05, 0.1) is 11.4 Å². The minimum absolute atomic E-state index is 0.644. The molecule has 0 unspecified atom stereocenters. The van der Waals surface area contributed by atoms with Gasteiger partial charge in [0.15, 0.2) is 0 Å². The van der Waals surface area contributed by atoms with Crippen LogP contribution in [0, 0.1) is 0 Å². The molecule has 0 aliphatic rings. The molecule has 0 saturated carbocycles. The highest BCUT2D eigenvalue weighted by Gasteiger charge is 2.04. The van der Waals surface area contributed by atoms with Crippen LogP contribution in [0.5, 0.6) is 0 Å². The molecule has 0 radical (unpaired) electrons. The summed E-state index contributed by atoms with van der Waals surface area (Å²) in [7, 11) is 1.91. The summed E-state index contributed by atoms with van der Waals surface area (Å²) in [6.45, 7) is 0. The SMILES string of the molecule is CSN(C)c1cc(C=O)ccc1N.